The summed E-state index contributed by atoms with van der Waals surface area (Å²) in [6.07, 6.45) is 0.804. The van der Waals surface area contributed by atoms with Gasteiger partial charge < -0.3 is 23.9 Å². The Kier molecular flexibility index (Phi) is 5.61. The zero-order valence-corrected chi connectivity index (χ0v) is 18.0. The van der Waals surface area contributed by atoms with Crippen LogP contribution < -0.4 is 4.74 Å². The van der Waals surface area contributed by atoms with Crippen LogP contribution in [0.25, 0.3) is 0 Å². The lowest BCUT2D eigenvalue weighted by Crippen LogP contribution is -2.50. The number of carbonyl (C=O) groups is 2. The van der Waals surface area contributed by atoms with Crippen LogP contribution in [0.4, 0.5) is 0 Å². The largest absolute Gasteiger partial charge is 0.744 e. The van der Waals surface area contributed by atoms with Crippen LogP contribution in [0.15, 0.2) is 29.2 Å². The Morgan fingerprint density at radius 1 is 1.23 bits per heavy atom. The minimum Gasteiger partial charge on any atom is -0.744 e. The highest BCUT2D eigenvalue weighted by molar-refractivity contribution is 7.85. The predicted octanol–water partition coefficient (Wildman–Crippen LogP) is 1.24. The molecule has 2 saturated carbocycles. The Bertz CT molecular complexity index is 967. The Hall–Kier alpha value is -2.01. The van der Waals surface area contributed by atoms with Crippen molar-refractivity contribution in [2.45, 2.75) is 55.8 Å². The fraction of sp³-hybridized carbons (Fsp3) is 0.619. The second-order valence-electron chi connectivity index (χ2n) is 8.50. The van der Waals surface area contributed by atoms with E-state index in [0.29, 0.717) is 19.3 Å². The third-order valence-electron chi connectivity index (χ3n) is 7.13. The quantitative estimate of drug-likeness (QED) is 0.350. The first-order valence-corrected chi connectivity index (χ1v) is 11.8. The van der Waals surface area contributed by atoms with Crippen LogP contribution in [-0.4, -0.2) is 54.4 Å². The van der Waals surface area contributed by atoms with Gasteiger partial charge in [0.2, 0.25) is 0 Å². The van der Waals surface area contributed by atoms with Gasteiger partial charge in [0.25, 0.3) is 0 Å². The molecule has 9 nitrogen and oxygen atoms in total. The van der Waals surface area contributed by atoms with Crippen LogP contribution in [0, 0.1) is 23.7 Å². The summed E-state index contributed by atoms with van der Waals surface area (Å²) in [4.78, 5) is 24.3. The van der Waals surface area contributed by atoms with Gasteiger partial charge in [-0.25, -0.2) is 13.2 Å². The van der Waals surface area contributed by atoms with Crippen molar-refractivity contribution in [2.75, 3.05) is 6.61 Å². The minimum atomic E-state index is -4.58. The van der Waals surface area contributed by atoms with Crippen LogP contribution in [0.2, 0.25) is 0 Å². The van der Waals surface area contributed by atoms with Gasteiger partial charge in [0.15, 0.2) is 0 Å². The molecule has 1 aromatic carbocycles. The van der Waals surface area contributed by atoms with E-state index >= 15 is 0 Å². The zero-order valence-electron chi connectivity index (χ0n) is 17.2. The highest BCUT2D eigenvalue weighted by Gasteiger charge is 2.70. The molecular weight excluding hydrogens is 428 g/mol. The van der Waals surface area contributed by atoms with Gasteiger partial charge in [0, 0.05) is 11.8 Å². The molecule has 2 bridgehead atoms. The fourth-order valence-corrected chi connectivity index (χ4v) is 6.13. The molecule has 3 aliphatic rings. The van der Waals surface area contributed by atoms with E-state index in [1.807, 2.05) is 13.8 Å². The maximum absolute atomic E-state index is 12.5. The van der Waals surface area contributed by atoms with Gasteiger partial charge in [-0.15, -0.1) is 0 Å². The van der Waals surface area contributed by atoms with E-state index in [9.17, 15) is 27.7 Å². The van der Waals surface area contributed by atoms with E-state index in [1.54, 1.807) is 0 Å². The molecule has 6 atom stereocenters. The molecule has 6 unspecified atom stereocenters. The number of ether oxygens (including phenoxy) is 3. The standard InChI is InChI=1S/C21H26O9S/c1-3-21(24,4-2)17-14-9-13-16(17)20(23)30-19(13)18(14)28-10-15(22)29-11-5-7-12(8-6-11)31(25,26)27/h5-8,13-14,16-19,24H,3-4,9-10H2,1-2H3,(H,25,26,27)/p-1. The number of benzene rings is 1. The molecule has 2 aliphatic carbocycles. The van der Waals surface area contributed by atoms with Gasteiger partial charge >= 0.3 is 11.9 Å². The summed E-state index contributed by atoms with van der Waals surface area (Å²) >= 11 is 0. The maximum atomic E-state index is 12.5. The van der Waals surface area contributed by atoms with Crippen LogP contribution in [0.1, 0.15) is 33.1 Å². The number of fused-ring (bicyclic) bond motifs is 1. The molecule has 3 fully saturated rings. The lowest BCUT2D eigenvalue weighted by molar-refractivity contribution is -0.152. The van der Waals surface area contributed by atoms with Gasteiger partial charge in [0.1, 0.15) is 28.6 Å². The molecule has 0 aromatic heterocycles. The average Bonchev–Trinajstić information content (AvgIpc) is 3.34. The molecule has 0 amide bonds. The van der Waals surface area contributed by atoms with Crippen molar-refractivity contribution in [3.63, 3.8) is 0 Å². The van der Waals surface area contributed by atoms with Gasteiger partial charge in [-0.1, -0.05) is 13.8 Å². The second-order valence-corrected chi connectivity index (χ2v) is 9.88. The zero-order chi connectivity index (χ0) is 22.6. The van der Waals surface area contributed by atoms with E-state index in [4.69, 9.17) is 14.2 Å². The van der Waals surface area contributed by atoms with Crippen molar-refractivity contribution in [2.24, 2.45) is 23.7 Å². The first-order valence-electron chi connectivity index (χ1n) is 10.4. The van der Waals surface area contributed by atoms with Crippen molar-refractivity contribution in [3.8, 4) is 5.75 Å². The molecule has 4 rings (SSSR count). The maximum Gasteiger partial charge on any atom is 0.337 e. The Morgan fingerprint density at radius 3 is 2.45 bits per heavy atom. The Balaban J connectivity index is 1.42. The second kappa shape index (κ2) is 7.84. The summed E-state index contributed by atoms with van der Waals surface area (Å²) in [5, 5.41) is 11.1. The molecule has 170 valence electrons. The third kappa shape index (κ3) is 3.75. The molecule has 1 heterocycles. The van der Waals surface area contributed by atoms with Gasteiger partial charge in [-0.3, -0.25) is 4.79 Å². The highest BCUT2D eigenvalue weighted by Crippen LogP contribution is 2.62. The van der Waals surface area contributed by atoms with Crippen LogP contribution in [-0.2, 0) is 29.2 Å². The lowest BCUT2D eigenvalue weighted by Gasteiger charge is -2.41. The summed E-state index contributed by atoms with van der Waals surface area (Å²) in [5.74, 6) is -1.65. The first-order chi connectivity index (χ1) is 14.6. The molecule has 31 heavy (non-hydrogen) atoms. The van der Waals surface area contributed by atoms with Crippen molar-refractivity contribution >= 4 is 22.1 Å². The third-order valence-corrected chi connectivity index (χ3v) is 7.98. The number of aliphatic hydroxyl groups is 1. The van der Waals surface area contributed by atoms with Crippen LogP contribution >= 0.6 is 0 Å². The number of rotatable bonds is 8. The first kappa shape index (κ1) is 22.2. The lowest BCUT2D eigenvalue weighted by atomic mass is 9.67. The summed E-state index contributed by atoms with van der Waals surface area (Å²) in [7, 11) is -4.58. The smallest absolute Gasteiger partial charge is 0.337 e. The number of hydrogen-bond acceptors (Lipinski definition) is 9. The monoisotopic (exact) mass is 453 g/mol. The van der Waals surface area contributed by atoms with Crippen LogP contribution in [0.5, 0.6) is 5.75 Å². The summed E-state index contributed by atoms with van der Waals surface area (Å²) < 4.78 is 49.4. The van der Waals surface area contributed by atoms with Crippen molar-refractivity contribution in [3.05, 3.63) is 24.3 Å². The molecule has 0 radical (unpaired) electrons. The summed E-state index contributed by atoms with van der Waals surface area (Å²) in [6.45, 7) is 3.39. The summed E-state index contributed by atoms with van der Waals surface area (Å²) in [5.41, 5.74) is -0.996. The van der Waals surface area contributed by atoms with E-state index < -0.39 is 45.4 Å². The molecule has 1 aliphatic heterocycles. The molecule has 1 N–H and O–H groups in total. The average molecular weight is 453 g/mol. The van der Waals surface area contributed by atoms with Gasteiger partial charge in [-0.2, -0.15) is 0 Å². The van der Waals surface area contributed by atoms with Crippen LogP contribution in [0.3, 0.4) is 0 Å². The predicted molar refractivity (Wildman–Crippen MR) is 104 cm³/mol. The fourth-order valence-electron chi connectivity index (χ4n) is 5.66. The minimum absolute atomic E-state index is 0.0188. The molecule has 1 aromatic rings. The SMILES string of the molecule is CCC(O)(CC)C1C2CC3C(OC(=O)C31)C2OCC(=O)Oc1ccc(S(=O)(=O)[O-])cc1. The number of hydrogen-bond donors (Lipinski definition) is 1. The molecular formula is C21H25O9S-. The van der Waals surface area contributed by atoms with Crippen molar-refractivity contribution in [1.82, 2.24) is 0 Å². The topological polar surface area (TPSA) is 139 Å². The Morgan fingerprint density at radius 2 is 1.87 bits per heavy atom. The Labute approximate surface area is 180 Å². The van der Waals surface area contributed by atoms with E-state index in [-0.39, 0.29) is 35.4 Å². The van der Waals surface area contributed by atoms with Gasteiger partial charge in [0.05, 0.1) is 22.5 Å². The van der Waals surface area contributed by atoms with Crippen molar-refractivity contribution in [1.29, 1.82) is 0 Å². The molecule has 1 saturated heterocycles. The normalized spacial score (nSPS) is 31.7. The number of carbonyl (C=O) groups excluding carboxylic acids is 2. The van der Waals surface area contributed by atoms with Gasteiger partial charge in [-0.05, 0) is 49.4 Å². The number of esters is 2. The molecule has 0 spiro atoms. The van der Waals surface area contributed by atoms with E-state index in [0.717, 1.165) is 12.1 Å². The van der Waals surface area contributed by atoms with Crippen molar-refractivity contribution < 1.29 is 41.9 Å². The highest BCUT2D eigenvalue weighted by atomic mass is 32.2. The van der Waals surface area contributed by atoms with E-state index in [1.165, 1.54) is 12.1 Å². The molecule has 10 heteroatoms. The van der Waals surface area contributed by atoms with E-state index in [2.05, 4.69) is 0 Å². The summed E-state index contributed by atoms with van der Waals surface area (Å²) in [6, 6.07) is 4.53.